The number of hydrogen-bond donors (Lipinski definition) is 1. The number of nitrogens with zero attached hydrogens (tertiary/aromatic N) is 1. The molecule has 0 aromatic heterocycles. The number of hydrogen-bond acceptors (Lipinski definition) is 3. The lowest BCUT2D eigenvalue weighted by Gasteiger charge is -2.15. The van der Waals surface area contributed by atoms with Gasteiger partial charge in [0.15, 0.2) is 0 Å². The molecule has 1 aliphatic rings. The van der Waals surface area contributed by atoms with Crippen LogP contribution in [-0.2, 0) is 10.0 Å². The Morgan fingerprint density at radius 2 is 1.65 bits per heavy atom. The zero-order valence-electron chi connectivity index (χ0n) is 9.30. The minimum absolute atomic E-state index is 0.0236. The van der Waals surface area contributed by atoms with Crippen LogP contribution in [0.2, 0.25) is 0 Å². The molecule has 2 rings (SSSR count). The van der Waals surface area contributed by atoms with E-state index in [0.29, 0.717) is 5.56 Å². The van der Waals surface area contributed by atoms with Crippen LogP contribution >= 0.6 is 0 Å². The average molecular weight is 254 g/mol. The van der Waals surface area contributed by atoms with E-state index in [2.05, 4.69) is 0 Å². The van der Waals surface area contributed by atoms with Crippen LogP contribution in [0, 0.1) is 0 Å². The van der Waals surface area contributed by atoms with E-state index in [1.165, 1.54) is 24.3 Å². The maximum atomic E-state index is 12.0. The second-order valence-corrected chi connectivity index (χ2v) is 5.63. The van der Waals surface area contributed by atoms with Gasteiger partial charge in [0.1, 0.15) is 0 Å². The molecule has 0 aliphatic carbocycles. The summed E-state index contributed by atoms with van der Waals surface area (Å²) in [7, 11) is -3.69. The number of carbonyl (C=O) groups is 1. The first-order valence-electron chi connectivity index (χ1n) is 5.40. The summed E-state index contributed by atoms with van der Waals surface area (Å²) in [6.07, 6.45) is 2.06. The maximum Gasteiger partial charge on any atom is 0.253 e. The van der Waals surface area contributed by atoms with Gasteiger partial charge in [-0.15, -0.1) is 0 Å². The number of primary sulfonamides is 1. The molecule has 1 fully saturated rings. The molecule has 1 aliphatic heterocycles. The Morgan fingerprint density at radius 1 is 1.12 bits per heavy atom. The van der Waals surface area contributed by atoms with Gasteiger partial charge in [-0.1, -0.05) is 0 Å². The van der Waals surface area contributed by atoms with Crippen LogP contribution in [0.3, 0.4) is 0 Å². The largest absolute Gasteiger partial charge is 0.339 e. The fraction of sp³-hybridized carbons (Fsp3) is 0.364. The second-order valence-electron chi connectivity index (χ2n) is 4.07. The van der Waals surface area contributed by atoms with E-state index < -0.39 is 10.0 Å². The topological polar surface area (TPSA) is 80.5 Å². The van der Waals surface area contributed by atoms with Crippen LogP contribution < -0.4 is 5.14 Å². The van der Waals surface area contributed by atoms with Gasteiger partial charge in [-0.2, -0.15) is 0 Å². The Hall–Kier alpha value is -1.40. The van der Waals surface area contributed by atoms with Crippen molar-refractivity contribution in [2.45, 2.75) is 17.7 Å². The summed E-state index contributed by atoms with van der Waals surface area (Å²) in [6, 6.07) is 5.72. The van der Waals surface area contributed by atoms with Gasteiger partial charge >= 0.3 is 0 Å². The Morgan fingerprint density at radius 3 is 2.12 bits per heavy atom. The van der Waals surface area contributed by atoms with E-state index in [9.17, 15) is 13.2 Å². The van der Waals surface area contributed by atoms with E-state index in [0.717, 1.165) is 25.9 Å². The predicted octanol–water partition coefficient (Wildman–Crippen LogP) is 0.570. The van der Waals surface area contributed by atoms with Gasteiger partial charge in [0.25, 0.3) is 5.91 Å². The second kappa shape index (κ2) is 4.46. The molecular formula is C11H14N2O3S. The lowest BCUT2D eigenvalue weighted by molar-refractivity contribution is 0.0792. The third kappa shape index (κ3) is 2.65. The van der Waals surface area contributed by atoms with Gasteiger partial charge in [0.2, 0.25) is 10.0 Å². The van der Waals surface area contributed by atoms with Crippen molar-refractivity contribution in [3.8, 4) is 0 Å². The average Bonchev–Trinajstić information content (AvgIpc) is 2.80. The summed E-state index contributed by atoms with van der Waals surface area (Å²) >= 11 is 0. The highest BCUT2D eigenvalue weighted by Gasteiger charge is 2.19. The Balaban J connectivity index is 2.20. The molecular weight excluding hydrogens is 240 g/mol. The minimum atomic E-state index is -3.69. The van der Waals surface area contributed by atoms with E-state index in [4.69, 9.17) is 5.14 Å². The molecule has 0 saturated carbocycles. The van der Waals surface area contributed by atoms with E-state index >= 15 is 0 Å². The Kier molecular flexibility index (Phi) is 3.17. The lowest BCUT2D eigenvalue weighted by Crippen LogP contribution is -2.27. The van der Waals surface area contributed by atoms with Gasteiger partial charge in [0, 0.05) is 18.7 Å². The Bertz CT molecular complexity index is 516. The summed E-state index contributed by atoms with van der Waals surface area (Å²) in [4.78, 5) is 13.7. The molecule has 2 N–H and O–H groups in total. The van der Waals surface area contributed by atoms with Crippen LogP contribution in [0.5, 0.6) is 0 Å². The number of benzene rings is 1. The highest BCUT2D eigenvalue weighted by atomic mass is 32.2. The predicted molar refractivity (Wildman–Crippen MR) is 63.0 cm³/mol. The monoisotopic (exact) mass is 254 g/mol. The number of sulfonamides is 1. The normalized spacial score (nSPS) is 16.2. The fourth-order valence-electron chi connectivity index (χ4n) is 1.89. The molecule has 0 atom stereocenters. The number of likely N-dealkylation sites (tertiary alicyclic amines) is 1. The molecule has 0 spiro atoms. The van der Waals surface area contributed by atoms with Crippen LogP contribution in [0.15, 0.2) is 29.2 Å². The summed E-state index contributed by atoms with van der Waals surface area (Å²) in [6.45, 7) is 1.55. The summed E-state index contributed by atoms with van der Waals surface area (Å²) in [5.41, 5.74) is 0.499. The van der Waals surface area contributed by atoms with E-state index in [1.807, 2.05) is 0 Å². The molecule has 1 aromatic rings. The number of carbonyl (C=O) groups excluding carboxylic acids is 1. The fourth-order valence-corrected chi connectivity index (χ4v) is 2.41. The molecule has 1 aromatic carbocycles. The minimum Gasteiger partial charge on any atom is -0.339 e. The summed E-state index contributed by atoms with van der Waals surface area (Å²) in [5, 5.41) is 4.98. The Labute approximate surface area is 100 Å². The van der Waals surface area contributed by atoms with Crippen LogP contribution in [-0.4, -0.2) is 32.3 Å². The van der Waals surface area contributed by atoms with Gasteiger partial charge in [-0.3, -0.25) is 4.79 Å². The molecule has 6 heteroatoms. The summed E-state index contributed by atoms with van der Waals surface area (Å²) < 4.78 is 22.1. The third-order valence-corrected chi connectivity index (χ3v) is 3.75. The van der Waals surface area contributed by atoms with Gasteiger partial charge in [-0.25, -0.2) is 13.6 Å². The van der Waals surface area contributed by atoms with Gasteiger partial charge in [0.05, 0.1) is 4.90 Å². The van der Waals surface area contributed by atoms with Crippen LogP contribution in [0.25, 0.3) is 0 Å². The van der Waals surface area contributed by atoms with E-state index in [-0.39, 0.29) is 10.8 Å². The SMILES string of the molecule is NS(=O)(=O)c1ccc(C(=O)N2CCCC2)cc1. The molecule has 0 radical (unpaired) electrons. The quantitative estimate of drug-likeness (QED) is 0.837. The van der Waals surface area contributed by atoms with Crippen LogP contribution in [0.1, 0.15) is 23.2 Å². The third-order valence-electron chi connectivity index (χ3n) is 2.82. The number of nitrogens with two attached hydrogens (primary N) is 1. The number of amides is 1. The smallest absolute Gasteiger partial charge is 0.253 e. The zero-order chi connectivity index (χ0) is 12.5. The highest BCUT2D eigenvalue weighted by molar-refractivity contribution is 7.89. The molecule has 1 saturated heterocycles. The van der Waals surface area contributed by atoms with Crippen molar-refractivity contribution in [2.24, 2.45) is 5.14 Å². The maximum absolute atomic E-state index is 12.0. The summed E-state index contributed by atoms with van der Waals surface area (Å²) in [5.74, 6) is -0.0523. The van der Waals surface area contributed by atoms with Crippen molar-refractivity contribution in [1.82, 2.24) is 4.90 Å². The van der Waals surface area contributed by atoms with Crippen molar-refractivity contribution in [1.29, 1.82) is 0 Å². The highest BCUT2D eigenvalue weighted by Crippen LogP contribution is 2.14. The number of rotatable bonds is 2. The van der Waals surface area contributed by atoms with Crippen molar-refractivity contribution in [3.63, 3.8) is 0 Å². The van der Waals surface area contributed by atoms with Gasteiger partial charge < -0.3 is 4.90 Å². The molecule has 1 amide bonds. The molecule has 0 unspecified atom stereocenters. The standard InChI is InChI=1S/C11H14N2O3S/c12-17(15,16)10-5-3-9(4-6-10)11(14)13-7-1-2-8-13/h3-6H,1-2,7-8H2,(H2,12,15,16). The molecule has 17 heavy (non-hydrogen) atoms. The molecule has 92 valence electrons. The first-order valence-corrected chi connectivity index (χ1v) is 6.95. The van der Waals surface area contributed by atoms with Crippen molar-refractivity contribution < 1.29 is 13.2 Å². The molecule has 1 heterocycles. The van der Waals surface area contributed by atoms with Gasteiger partial charge in [-0.05, 0) is 37.1 Å². The molecule has 0 bridgehead atoms. The first-order chi connectivity index (χ1) is 7.98. The van der Waals surface area contributed by atoms with Crippen molar-refractivity contribution in [3.05, 3.63) is 29.8 Å². The molecule has 5 nitrogen and oxygen atoms in total. The van der Waals surface area contributed by atoms with E-state index in [1.54, 1.807) is 4.90 Å². The van der Waals surface area contributed by atoms with Crippen LogP contribution in [0.4, 0.5) is 0 Å². The van der Waals surface area contributed by atoms with Crippen molar-refractivity contribution >= 4 is 15.9 Å². The lowest BCUT2D eigenvalue weighted by atomic mass is 10.2. The van der Waals surface area contributed by atoms with Crippen molar-refractivity contribution in [2.75, 3.05) is 13.1 Å². The first kappa shape index (κ1) is 12.1. The zero-order valence-corrected chi connectivity index (χ0v) is 10.1.